The Balaban J connectivity index is 2.96. The maximum Gasteiger partial charge on any atom is 0.123 e. The van der Waals surface area contributed by atoms with Crippen LogP contribution in [-0.2, 0) is 6.54 Å². The van der Waals surface area contributed by atoms with Crippen LogP contribution in [-0.4, -0.2) is 29.2 Å². The van der Waals surface area contributed by atoms with Crippen LogP contribution in [0.1, 0.15) is 25.0 Å². The summed E-state index contributed by atoms with van der Waals surface area (Å²) in [6, 6.07) is 6.16. The minimum Gasteiger partial charge on any atom is -0.394 e. The quantitative estimate of drug-likeness (QED) is 0.868. The van der Waals surface area contributed by atoms with Crippen LogP contribution in [0.3, 0.4) is 0 Å². The SMILES string of the molecule is CN(Cc1cc(F)ccc1C#N)C(C)(C)CO. The van der Waals surface area contributed by atoms with Crippen molar-refractivity contribution in [1.29, 1.82) is 5.26 Å². The number of aliphatic hydroxyl groups excluding tert-OH is 1. The zero-order valence-electron chi connectivity index (χ0n) is 10.4. The van der Waals surface area contributed by atoms with Gasteiger partial charge in [-0.3, -0.25) is 4.90 Å². The molecule has 0 aliphatic carbocycles. The van der Waals surface area contributed by atoms with Crippen LogP contribution < -0.4 is 0 Å². The predicted octanol–water partition coefficient (Wildman–Crippen LogP) is 1.90. The topological polar surface area (TPSA) is 47.3 Å². The zero-order valence-corrected chi connectivity index (χ0v) is 10.4. The predicted molar refractivity (Wildman–Crippen MR) is 63.7 cm³/mol. The van der Waals surface area contributed by atoms with Gasteiger partial charge in [-0.15, -0.1) is 0 Å². The van der Waals surface area contributed by atoms with E-state index in [4.69, 9.17) is 5.26 Å². The van der Waals surface area contributed by atoms with Crippen LogP contribution in [0.15, 0.2) is 18.2 Å². The first-order chi connectivity index (χ1) is 7.90. The second-order valence-electron chi connectivity index (χ2n) is 4.74. The number of likely N-dealkylation sites (N-methyl/N-ethyl adjacent to an activating group) is 1. The van der Waals surface area contributed by atoms with E-state index in [1.807, 2.05) is 31.9 Å². The first kappa shape index (κ1) is 13.6. The van der Waals surface area contributed by atoms with E-state index in [1.165, 1.54) is 18.2 Å². The third kappa shape index (κ3) is 3.26. The highest BCUT2D eigenvalue weighted by Gasteiger charge is 2.23. The molecular formula is C13H17FN2O. The van der Waals surface area contributed by atoms with Crippen LogP contribution in [0.2, 0.25) is 0 Å². The number of nitriles is 1. The highest BCUT2D eigenvalue weighted by Crippen LogP contribution is 2.18. The van der Waals surface area contributed by atoms with Crippen molar-refractivity contribution in [3.63, 3.8) is 0 Å². The van der Waals surface area contributed by atoms with E-state index >= 15 is 0 Å². The smallest absolute Gasteiger partial charge is 0.123 e. The minimum absolute atomic E-state index is 0.000697. The first-order valence-electron chi connectivity index (χ1n) is 5.41. The van der Waals surface area contributed by atoms with Crippen LogP contribution in [0.4, 0.5) is 4.39 Å². The highest BCUT2D eigenvalue weighted by molar-refractivity contribution is 5.37. The summed E-state index contributed by atoms with van der Waals surface area (Å²) in [7, 11) is 1.84. The van der Waals surface area contributed by atoms with Gasteiger partial charge in [-0.1, -0.05) is 0 Å². The Morgan fingerprint density at radius 1 is 1.47 bits per heavy atom. The van der Waals surface area contributed by atoms with Crippen molar-refractivity contribution in [3.8, 4) is 6.07 Å². The van der Waals surface area contributed by atoms with Crippen molar-refractivity contribution in [3.05, 3.63) is 35.1 Å². The van der Waals surface area contributed by atoms with Crippen molar-refractivity contribution in [2.75, 3.05) is 13.7 Å². The third-order valence-electron chi connectivity index (χ3n) is 3.02. The van der Waals surface area contributed by atoms with E-state index in [0.29, 0.717) is 17.7 Å². The van der Waals surface area contributed by atoms with Crippen LogP contribution in [0.25, 0.3) is 0 Å². The summed E-state index contributed by atoms with van der Waals surface area (Å²) in [6.45, 7) is 4.20. The van der Waals surface area contributed by atoms with Gasteiger partial charge in [0.1, 0.15) is 5.82 Å². The van der Waals surface area contributed by atoms with Crippen LogP contribution in [0.5, 0.6) is 0 Å². The number of hydrogen-bond acceptors (Lipinski definition) is 3. The van der Waals surface area contributed by atoms with Gasteiger partial charge in [0.25, 0.3) is 0 Å². The average Bonchev–Trinajstić information content (AvgIpc) is 2.29. The number of nitrogens with zero attached hydrogens (tertiary/aromatic N) is 2. The first-order valence-corrected chi connectivity index (χ1v) is 5.41. The van der Waals surface area contributed by atoms with Crippen molar-refractivity contribution in [1.82, 2.24) is 4.90 Å². The van der Waals surface area contributed by atoms with Gasteiger partial charge in [-0.25, -0.2) is 4.39 Å². The summed E-state index contributed by atoms with van der Waals surface area (Å²) in [6.07, 6.45) is 0. The van der Waals surface area contributed by atoms with E-state index in [2.05, 4.69) is 0 Å². The third-order valence-corrected chi connectivity index (χ3v) is 3.02. The van der Waals surface area contributed by atoms with Gasteiger partial charge in [0.2, 0.25) is 0 Å². The molecule has 0 aromatic heterocycles. The second kappa shape index (κ2) is 5.26. The fourth-order valence-corrected chi connectivity index (χ4v) is 1.39. The maximum absolute atomic E-state index is 13.1. The average molecular weight is 236 g/mol. The Bertz CT molecular complexity index is 438. The van der Waals surface area contributed by atoms with Gasteiger partial charge in [0.15, 0.2) is 0 Å². The molecular weight excluding hydrogens is 219 g/mol. The van der Waals surface area contributed by atoms with Gasteiger partial charge >= 0.3 is 0 Å². The van der Waals surface area contributed by atoms with E-state index in [-0.39, 0.29) is 12.4 Å². The summed E-state index contributed by atoms with van der Waals surface area (Å²) >= 11 is 0. The molecule has 0 saturated carbocycles. The molecule has 92 valence electrons. The molecule has 1 aromatic rings. The Labute approximate surface area is 101 Å². The lowest BCUT2D eigenvalue weighted by Gasteiger charge is -2.34. The van der Waals surface area contributed by atoms with Crippen molar-refractivity contribution in [2.24, 2.45) is 0 Å². The Morgan fingerprint density at radius 3 is 2.65 bits per heavy atom. The van der Waals surface area contributed by atoms with Gasteiger partial charge in [0, 0.05) is 12.1 Å². The normalized spacial score (nSPS) is 11.6. The number of rotatable bonds is 4. The van der Waals surface area contributed by atoms with E-state index in [1.54, 1.807) is 0 Å². The molecule has 0 radical (unpaired) electrons. The van der Waals surface area contributed by atoms with Gasteiger partial charge in [-0.2, -0.15) is 5.26 Å². The number of hydrogen-bond donors (Lipinski definition) is 1. The molecule has 0 saturated heterocycles. The molecule has 0 aliphatic heterocycles. The van der Waals surface area contributed by atoms with Crippen molar-refractivity contribution < 1.29 is 9.50 Å². The van der Waals surface area contributed by atoms with E-state index in [9.17, 15) is 9.50 Å². The molecule has 0 atom stereocenters. The fraction of sp³-hybridized carbons (Fsp3) is 0.462. The molecule has 0 heterocycles. The molecule has 1 N–H and O–H groups in total. The minimum atomic E-state index is -0.404. The number of aliphatic hydroxyl groups is 1. The van der Waals surface area contributed by atoms with E-state index < -0.39 is 5.54 Å². The summed E-state index contributed by atoms with van der Waals surface area (Å²) < 4.78 is 13.1. The number of benzene rings is 1. The molecule has 0 spiro atoms. The molecule has 4 heteroatoms. The summed E-state index contributed by atoms with van der Waals surface area (Å²) in [5.74, 6) is -0.353. The lowest BCUT2D eigenvalue weighted by Crippen LogP contribution is -2.43. The summed E-state index contributed by atoms with van der Waals surface area (Å²) in [5.41, 5.74) is 0.697. The fourth-order valence-electron chi connectivity index (χ4n) is 1.39. The second-order valence-corrected chi connectivity index (χ2v) is 4.74. The molecule has 0 amide bonds. The zero-order chi connectivity index (χ0) is 13.1. The summed E-state index contributed by atoms with van der Waals surface area (Å²) in [4.78, 5) is 1.89. The van der Waals surface area contributed by atoms with Gasteiger partial charge in [0.05, 0.1) is 18.2 Å². The van der Waals surface area contributed by atoms with E-state index in [0.717, 1.165) is 0 Å². The highest BCUT2D eigenvalue weighted by atomic mass is 19.1. The standard InChI is InChI=1S/C13H17FN2O/c1-13(2,9-17)16(3)8-11-6-12(14)5-4-10(11)7-15/h4-6,17H,8-9H2,1-3H3. The van der Waals surface area contributed by atoms with Crippen molar-refractivity contribution in [2.45, 2.75) is 25.9 Å². The molecule has 17 heavy (non-hydrogen) atoms. The lowest BCUT2D eigenvalue weighted by atomic mass is 10.0. The molecule has 1 aromatic carbocycles. The van der Waals surface area contributed by atoms with Crippen LogP contribution in [0, 0.1) is 17.1 Å². The van der Waals surface area contributed by atoms with Gasteiger partial charge < -0.3 is 5.11 Å². The monoisotopic (exact) mass is 236 g/mol. The molecule has 0 fully saturated rings. The van der Waals surface area contributed by atoms with Crippen molar-refractivity contribution >= 4 is 0 Å². The largest absolute Gasteiger partial charge is 0.394 e. The molecule has 0 bridgehead atoms. The Morgan fingerprint density at radius 2 is 2.12 bits per heavy atom. The lowest BCUT2D eigenvalue weighted by molar-refractivity contribution is 0.0733. The number of halogens is 1. The molecule has 0 aliphatic rings. The summed E-state index contributed by atoms with van der Waals surface area (Å²) in [5, 5.41) is 18.2. The Hall–Kier alpha value is -1.44. The Kier molecular flexibility index (Phi) is 4.22. The molecule has 0 unspecified atom stereocenters. The molecule has 3 nitrogen and oxygen atoms in total. The maximum atomic E-state index is 13.1. The van der Waals surface area contributed by atoms with Crippen LogP contribution >= 0.6 is 0 Å². The molecule has 1 rings (SSSR count). The van der Waals surface area contributed by atoms with Gasteiger partial charge in [-0.05, 0) is 44.7 Å².